The molecule has 0 aliphatic heterocycles. The van der Waals surface area contributed by atoms with Crippen molar-refractivity contribution in [3.05, 3.63) is 28.8 Å². The Morgan fingerprint density at radius 3 is 2.50 bits per heavy atom. The van der Waals surface area contributed by atoms with Crippen LogP contribution in [0.15, 0.2) is 23.2 Å². The summed E-state index contributed by atoms with van der Waals surface area (Å²) in [6, 6.07) is 2.96. The molecule has 0 heterocycles. The molecule has 0 aliphatic rings. The number of amidine groups is 1. The second-order valence-corrected chi connectivity index (χ2v) is 3.53. The molecule has 0 saturated heterocycles. The smallest absolute Gasteiger partial charge is 0.387 e. The van der Waals surface area contributed by atoms with Crippen LogP contribution >= 0.6 is 11.6 Å². The summed E-state index contributed by atoms with van der Waals surface area (Å²) < 4.78 is 36.9. The normalized spacial score (nSPS) is 12.9. The summed E-state index contributed by atoms with van der Waals surface area (Å²) in [4.78, 5) is 3.90. The fourth-order valence-corrected chi connectivity index (χ4v) is 1.23. The van der Waals surface area contributed by atoms with Gasteiger partial charge in [0, 0.05) is 6.42 Å². The SMILES string of the molecule is CCC(N)=Nc1ccc(C(F)(F)F)cc1Cl. The lowest BCUT2D eigenvalue weighted by atomic mass is 10.2. The topological polar surface area (TPSA) is 38.4 Å². The molecular formula is C10H10ClF3N2. The third kappa shape index (κ3) is 3.13. The van der Waals surface area contributed by atoms with Gasteiger partial charge in [0.05, 0.1) is 22.1 Å². The molecule has 2 nitrogen and oxygen atoms in total. The molecule has 0 atom stereocenters. The number of alkyl halides is 3. The molecule has 1 rings (SSSR count). The summed E-state index contributed by atoms with van der Waals surface area (Å²) in [5.74, 6) is 0.321. The molecule has 0 aliphatic carbocycles. The van der Waals surface area contributed by atoms with Crippen LogP contribution in [0.4, 0.5) is 18.9 Å². The Kier molecular flexibility index (Phi) is 3.80. The summed E-state index contributed by atoms with van der Waals surface area (Å²) >= 11 is 5.67. The molecule has 0 saturated carbocycles. The number of aliphatic imine (C=N–C) groups is 1. The van der Waals surface area contributed by atoms with Gasteiger partial charge in [-0.2, -0.15) is 13.2 Å². The monoisotopic (exact) mass is 250 g/mol. The highest BCUT2D eigenvalue weighted by atomic mass is 35.5. The first-order valence-electron chi connectivity index (χ1n) is 4.54. The third-order valence-electron chi connectivity index (χ3n) is 1.90. The van der Waals surface area contributed by atoms with E-state index < -0.39 is 11.7 Å². The van der Waals surface area contributed by atoms with Crippen LogP contribution in [0.3, 0.4) is 0 Å². The first kappa shape index (κ1) is 12.8. The van der Waals surface area contributed by atoms with E-state index in [4.69, 9.17) is 17.3 Å². The van der Waals surface area contributed by atoms with Gasteiger partial charge in [0.2, 0.25) is 0 Å². The lowest BCUT2D eigenvalue weighted by molar-refractivity contribution is -0.137. The van der Waals surface area contributed by atoms with Gasteiger partial charge in [0.15, 0.2) is 0 Å². The molecule has 2 N–H and O–H groups in total. The predicted octanol–water partition coefficient (Wildman–Crippen LogP) is 3.76. The van der Waals surface area contributed by atoms with Crippen LogP contribution in [-0.4, -0.2) is 5.84 Å². The molecule has 0 unspecified atom stereocenters. The van der Waals surface area contributed by atoms with E-state index in [1.54, 1.807) is 6.92 Å². The van der Waals surface area contributed by atoms with E-state index in [0.29, 0.717) is 12.3 Å². The molecule has 0 radical (unpaired) electrons. The van der Waals surface area contributed by atoms with Gasteiger partial charge in [-0.3, -0.25) is 0 Å². The molecule has 0 spiro atoms. The number of nitrogens with two attached hydrogens (primary N) is 1. The first-order valence-corrected chi connectivity index (χ1v) is 4.92. The number of hydrogen-bond donors (Lipinski definition) is 1. The molecule has 88 valence electrons. The summed E-state index contributed by atoms with van der Waals surface area (Å²) in [5, 5.41) is -0.0637. The highest BCUT2D eigenvalue weighted by molar-refractivity contribution is 6.33. The molecule has 1 aromatic carbocycles. The molecule has 0 fully saturated rings. The van der Waals surface area contributed by atoms with Crippen molar-refractivity contribution >= 4 is 23.1 Å². The zero-order chi connectivity index (χ0) is 12.3. The minimum Gasteiger partial charge on any atom is -0.387 e. The fraction of sp³-hybridized carbons (Fsp3) is 0.300. The van der Waals surface area contributed by atoms with E-state index in [1.807, 2.05) is 0 Å². The van der Waals surface area contributed by atoms with E-state index >= 15 is 0 Å². The van der Waals surface area contributed by atoms with Gasteiger partial charge in [-0.1, -0.05) is 18.5 Å². The van der Waals surface area contributed by atoms with E-state index in [2.05, 4.69) is 4.99 Å². The van der Waals surface area contributed by atoms with Gasteiger partial charge < -0.3 is 5.73 Å². The fourth-order valence-electron chi connectivity index (χ4n) is 1.01. The van der Waals surface area contributed by atoms with Gasteiger partial charge in [0.25, 0.3) is 0 Å². The Labute approximate surface area is 95.9 Å². The zero-order valence-electron chi connectivity index (χ0n) is 8.48. The van der Waals surface area contributed by atoms with Crippen LogP contribution in [-0.2, 0) is 6.18 Å². The molecule has 0 amide bonds. The quantitative estimate of drug-likeness (QED) is 0.630. The van der Waals surface area contributed by atoms with E-state index in [1.165, 1.54) is 6.07 Å². The number of benzene rings is 1. The Hall–Kier alpha value is -1.23. The molecule has 0 aromatic heterocycles. The Morgan fingerprint density at radius 1 is 1.44 bits per heavy atom. The number of halogens is 4. The second-order valence-electron chi connectivity index (χ2n) is 3.12. The van der Waals surface area contributed by atoms with Crippen LogP contribution in [0.5, 0.6) is 0 Å². The van der Waals surface area contributed by atoms with Gasteiger partial charge in [-0.15, -0.1) is 0 Å². The summed E-state index contributed by atoms with van der Waals surface area (Å²) in [6.45, 7) is 1.79. The van der Waals surface area contributed by atoms with Crippen molar-refractivity contribution < 1.29 is 13.2 Å². The zero-order valence-corrected chi connectivity index (χ0v) is 9.23. The van der Waals surface area contributed by atoms with Crippen molar-refractivity contribution in [3.8, 4) is 0 Å². The van der Waals surface area contributed by atoms with Crippen molar-refractivity contribution in [2.24, 2.45) is 10.7 Å². The highest BCUT2D eigenvalue weighted by Gasteiger charge is 2.30. The maximum atomic E-state index is 12.3. The maximum absolute atomic E-state index is 12.3. The molecule has 16 heavy (non-hydrogen) atoms. The van der Waals surface area contributed by atoms with Crippen LogP contribution in [0.25, 0.3) is 0 Å². The Bertz CT molecular complexity index is 413. The van der Waals surface area contributed by atoms with Crippen LogP contribution in [0.2, 0.25) is 5.02 Å². The largest absolute Gasteiger partial charge is 0.416 e. The average molecular weight is 251 g/mol. The van der Waals surface area contributed by atoms with Gasteiger partial charge in [0.1, 0.15) is 0 Å². The van der Waals surface area contributed by atoms with Crippen molar-refractivity contribution in [2.45, 2.75) is 19.5 Å². The standard InChI is InChI=1S/C10H10ClF3N2/c1-2-9(15)16-8-4-3-6(5-7(8)11)10(12,13)14/h3-5H,2H2,1H3,(H2,15,16). The number of rotatable bonds is 2. The van der Waals surface area contributed by atoms with Crippen LogP contribution in [0, 0.1) is 0 Å². The van der Waals surface area contributed by atoms with E-state index in [-0.39, 0.29) is 10.7 Å². The van der Waals surface area contributed by atoms with Gasteiger partial charge >= 0.3 is 6.18 Å². The first-order chi connectivity index (χ1) is 7.34. The van der Waals surface area contributed by atoms with Gasteiger partial charge in [-0.25, -0.2) is 4.99 Å². The Morgan fingerprint density at radius 2 is 2.06 bits per heavy atom. The van der Waals surface area contributed by atoms with Crippen molar-refractivity contribution in [2.75, 3.05) is 0 Å². The summed E-state index contributed by atoms with van der Waals surface area (Å²) in [5.41, 5.74) is 4.91. The Balaban J connectivity index is 3.10. The molecule has 6 heteroatoms. The summed E-state index contributed by atoms with van der Waals surface area (Å²) in [7, 11) is 0. The maximum Gasteiger partial charge on any atom is 0.416 e. The van der Waals surface area contributed by atoms with Gasteiger partial charge in [-0.05, 0) is 18.2 Å². The van der Waals surface area contributed by atoms with Crippen LogP contribution in [0.1, 0.15) is 18.9 Å². The average Bonchev–Trinajstić information content (AvgIpc) is 2.19. The third-order valence-corrected chi connectivity index (χ3v) is 2.20. The second kappa shape index (κ2) is 4.74. The minimum absolute atomic E-state index is 0.0637. The minimum atomic E-state index is -4.40. The number of nitrogens with zero attached hydrogens (tertiary/aromatic N) is 1. The lowest BCUT2D eigenvalue weighted by Gasteiger charge is -2.08. The summed E-state index contributed by atoms with van der Waals surface area (Å²) in [6.07, 6.45) is -3.89. The van der Waals surface area contributed by atoms with Crippen molar-refractivity contribution in [1.82, 2.24) is 0 Å². The van der Waals surface area contributed by atoms with Crippen LogP contribution < -0.4 is 5.73 Å². The predicted molar refractivity (Wildman–Crippen MR) is 58.0 cm³/mol. The molecule has 0 bridgehead atoms. The van der Waals surface area contributed by atoms with Crippen molar-refractivity contribution in [1.29, 1.82) is 0 Å². The molecular weight excluding hydrogens is 241 g/mol. The lowest BCUT2D eigenvalue weighted by Crippen LogP contribution is -2.08. The highest BCUT2D eigenvalue weighted by Crippen LogP contribution is 2.34. The molecule has 1 aromatic rings. The van der Waals surface area contributed by atoms with E-state index in [9.17, 15) is 13.2 Å². The van der Waals surface area contributed by atoms with E-state index in [0.717, 1.165) is 12.1 Å². The van der Waals surface area contributed by atoms with Crippen molar-refractivity contribution in [3.63, 3.8) is 0 Å². The number of hydrogen-bond acceptors (Lipinski definition) is 1.